The van der Waals surface area contributed by atoms with E-state index in [1.165, 1.54) is 17.1 Å². The minimum atomic E-state index is -0.369. The molecule has 0 bridgehead atoms. The van der Waals surface area contributed by atoms with Gasteiger partial charge in [0.25, 0.3) is 0 Å². The van der Waals surface area contributed by atoms with E-state index in [9.17, 15) is 4.39 Å². The van der Waals surface area contributed by atoms with Crippen LogP contribution in [0.3, 0.4) is 0 Å². The molecule has 0 amide bonds. The number of para-hydroxylation sites is 1. The van der Waals surface area contributed by atoms with Gasteiger partial charge in [0.05, 0.1) is 29.3 Å². The topological polar surface area (TPSA) is 105 Å². The molecule has 34 heavy (non-hydrogen) atoms. The summed E-state index contributed by atoms with van der Waals surface area (Å²) in [4.78, 5) is 8.74. The molecule has 6 rings (SSSR count). The smallest absolute Gasteiger partial charge is 0.148 e. The van der Waals surface area contributed by atoms with E-state index in [0.717, 1.165) is 27.4 Å². The standard InChI is InChI=1S/C24H20FN9/c1-14(19-12-34(31-30-19)21-6-4-3-5-18(21)25)33-11-17(22-23(26)27-13-28-24(22)33)15-7-8-20-16(9-15)10-29-32(20)2/h3-14H,1-2H3,(H2,26,27,28). The van der Waals surface area contributed by atoms with E-state index in [1.54, 1.807) is 24.4 Å². The van der Waals surface area contributed by atoms with Gasteiger partial charge in [-0.25, -0.2) is 19.0 Å². The van der Waals surface area contributed by atoms with Gasteiger partial charge in [-0.3, -0.25) is 4.68 Å². The van der Waals surface area contributed by atoms with E-state index >= 15 is 0 Å². The largest absolute Gasteiger partial charge is 0.383 e. The summed E-state index contributed by atoms with van der Waals surface area (Å²) in [5.74, 6) is 0.0267. The van der Waals surface area contributed by atoms with Gasteiger partial charge in [-0.05, 0) is 36.8 Å². The molecule has 0 spiro atoms. The van der Waals surface area contributed by atoms with Crippen LogP contribution < -0.4 is 5.73 Å². The summed E-state index contributed by atoms with van der Waals surface area (Å²) >= 11 is 0. The van der Waals surface area contributed by atoms with Crippen LogP contribution in [-0.2, 0) is 7.05 Å². The van der Waals surface area contributed by atoms with Gasteiger partial charge in [0, 0.05) is 24.2 Å². The molecule has 1 unspecified atom stereocenters. The van der Waals surface area contributed by atoms with Crippen LogP contribution in [0, 0.1) is 5.82 Å². The number of aryl methyl sites for hydroxylation is 1. The SMILES string of the molecule is CC(c1cn(-c2ccccc2F)nn1)n1cc(-c2ccc3c(cnn3C)c2)c2c(N)ncnc21. The van der Waals surface area contributed by atoms with Crippen molar-refractivity contribution in [3.63, 3.8) is 0 Å². The Bertz CT molecular complexity index is 1680. The third kappa shape index (κ3) is 3.03. The number of fused-ring (bicyclic) bond motifs is 2. The first-order valence-electron chi connectivity index (χ1n) is 10.7. The Balaban J connectivity index is 1.48. The normalized spacial score (nSPS) is 12.6. The molecular weight excluding hydrogens is 433 g/mol. The predicted molar refractivity (Wildman–Crippen MR) is 127 cm³/mol. The lowest BCUT2D eigenvalue weighted by Gasteiger charge is -2.11. The molecule has 4 aromatic heterocycles. The number of hydrogen-bond donors (Lipinski definition) is 1. The molecule has 0 saturated carbocycles. The van der Waals surface area contributed by atoms with Gasteiger partial charge in [0.2, 0.25) is 0 Å². The number of halogens is 1. The highest BCUT2D eigenvalue weighted by Gasteiger charge is 2.21. The lowest BCUT2D eigenvalue weighted by Crippen LogP contribution is -2.07. The van der Waals surface area contributed by atoms with Crippen LogP contribution in [0.25, 0.3) is 38.8 Å². The fourth-order valence-electron chi connectivity index (χ4n) is 4.32. The van der Waals surface area contributed by atoms with Gasteiger partial charge < -0.3 is 10.3 Å². The number of nitrogens with two attached hydrogens (primary N) is 1. The van der Waals surface area contributed by atoms with Crippen molar-refractivity contribution in [3.05, 3.63) is 78.9 Å². The number of nitrogen functional groups attached to an aromatic ring is 1. The molecular formula is C24H20FN9. The number of nitrogens with zero attached hydrogens (tertiary/aromatic N) is 8. The quantitative estimate of drug-likeness (QED) is 0.434. The molecule has 9 nitrogen and oxygen atoms in total. The second-order valence-electron chi connectivity index (χ2n) is 8.16. The van der Waals surface area contributed by atoms with Gasteiger partial charge in [-0.15, -0.1) is 5.10 Å². The van der Waals surface area contributed by atoms with Gasteiger partial charge in [-0.1, -0.05) is 23.4 Å². The predicted octanol–water partition coefficient (Wildman–Crippen LogP) is 3.90. The summed E-state index contributed by atoms with van der Waals surface area (Å²) in [7, 11) is 1.91. The number of hydrogen-bond acceptors (Lipinski definition) is 6. The van der Waals surface area contributed by atoms with Crippen molar-refractivity contribution in [1.82, 2.24) is 39.3 Å². The van der Waals surface area contributed by atoms with Crippen molar-refractivity contribution >= 4 is 27.8 Å². The van der Waals surface area contributed by atoms with E-state index in [4.69, 9.17) is 5.73 Å². The van der Waals surface area contributed by atoms with Gasteiger partial charge in [0.1, 0.15) is 35.0 Å². The maximum Gasteiger partial charge on any atom is 0.148 e. The lowest BCUT2D eigenvalue weighted by molar-refractivity contribution is 0.607. The van der Waals surface area contributed by atoms with E-state index in [0.29, 0.717) is 22.8 Å². The fraction of sp³-hybridized carbons (Fsp3) is 0.125. The van der Waals surface area contributed by atoms with Crippen molar-refractivity contribution in [3.8, 4) is 16.8 Å². The van der Waals surface area contributed by atoms with Crippen LogP contribution in [-0.4, -0.2) is 39.3 Å². The lowest BCUT2D eigenvalue weighted by atomic mass is 10.0. The summed E-state index contributed by atoms with van der Waals surface area (Å²) in [6.07, 6.45) is 7.01. The average Bonchev–Trinajstić information content (AvgIpc) is 3.57. The first-order chi connectivity index (χ1) is 16.5. The maximum absolute atomic E-state index is 14.2. The van der Waals surface area contributed by atoms with E-state index < -0.39 is 0 Å². The Morgan fingerprint density at radius 3 is 2.76 bits per heavy atom. The van der Waals surface area contributed by atoms with Crippen LogP contribution in [0.4, 0.5) is 10.2 Å². The van der Waals surface area contributed by atoms with Gasteiger partial charge >= 0.3 is 0 Å². The van der Waals surface area contributed by atoms with E-state index in [1.807, 2.05) is 47.7 Å². The zero-order valence-corrected chi connectivity index (χ0v) is 18.5. The molecule has 0 aliphatic carbocycles. The van der Waals surface area contributed by atoms with E-state index in [-0.39, 0.29) is 11.9 Å². The Hall–Kier alpha value is -4.60. The molecule has 2 aromatic carbocycles. The van der Waals surface area contributed by atoms with Crippen LogP contribution in [0.2, 0.25) is 0 Å². The summed E-state index contributed by atoms with van der Waals surface area (Å²) < 4.78 is 19.5. The Labute approximate surface area is 193 Å². The Morgan fingerprint density at radius 1 is 1.06 bits per heavy atom. The molecule has 0 aliphatic heterocycles. The molecule has 2 N–H and O–H groups in total. The number of rotatable bonds is 4. The van der Waals surface area contributed by atoms with Crippen LogP contribution in [0.5, 0.6) is 0 Å². The molecule has 0 fully saturated rings. The maximum atomic E-state index is 14.2. The summed E-state index contributed by atoms with van der Waals surface area (Å²) in [5, 5.41) is 14.6. The van der Waals surface area contributed by atoms with Crippen LogP contribution in [0.1, 0.15) is 18.7 Å². The van der Waals surface area contributed by atoms with Crippen molar-refractivity contribution in [2.45, 2.75) is 13.0 Å². The number of anilines is 1. The second kappa shape index (κ2) is 7.48. The van der Waals surface area contributed by atoms with Crippen molar-refractivity contribution < 1.29 is 4.39 Å². The van der Waals surface area contributed by atoms with E-state index in [2.05, 4.69) is 31.4 Å². The zero-order valence-electron chi connectivity index (χ0n) is 18.5. The zero-order chi connectivity index (χ0) is 23.4. The Morgan fingerprint density at radius 2 is 1.91 bits per heavy atom. The third-order valence-electron chi connectivity index (χ3n) is 6.15. The summed E-state index contributed by atoms with van der Waals surface area (Å²) in [6, 6.07) is 12.3. The highest BCUT2D eigenvalue weighted by molar-refractivity contribution is 6.02. The van der Waals surface area contributed by atoms with Gasteiger partial charge in [0.15, 0.2) is 0 Å². The van der Waals surface area contributed by atoms with Crippen LogP contribution >= 0.6 is 0 Å². The highest BCUT2D eigenvalue weighted by Crippen LogP contribution is 2.36. The number of aromatic nitrogens is 8. The Kier molecular flexibility index (Phi) is 4.41. The highest BCUT2D eigenvalue weighted by atomic mass is 19.1. The third-order valence-corrected chi connectivity index (χ3v) is 6.15. The molecule has 168 valence electrons. The van der Waals surface area contributed by atoms with Gasteiger partial charge in [-0.2, -0.15) is 5.10 Å². The monoisotopic (exact) mass is 453 g/mol. The molecule has 0 saturated heterocycles. The molecule has 6 aromatic rings. The van der Waals surface area contributed by atoms with Crippen molar-refractivity contribution in [2.75, 3.05) is 5.73 Å². The molecule has 4 heterocycles. The fourth-order valence-corrected chi connectivity index (χ4v) is 4.32. The first-order valence-corrected chi connectivity index (χ1v) is 10.7. The summed E-state index contributed by atoms with van der Waals surface area (Å²) in [5.41, 5.74) is 10.9. The summed E-state index contributed by atoms with van der Waals surface area (Å²) in [6.45, 7) is 1.99. The average molecular weight is 453 g/mol. The molecule has 10 heteroatoms. The molecule has 0 aliphatic rings. The van der Waals surface area contributed by atoms with Crippen molar-refractivity contribution in [1.29, 1.82) is 0 Å². The number of benzene rings is 2. The second-order valence-corrected chi connectivity index (χ2v) is 8.16. The minimum absolute atomic E-state index is 0.242. The minimum Gasteiger partial charge on any atom is -0.383 e. The first kappa shape index (κ1) is 20.0. The van der Waals surface area contributed by atoms with Crippen molar-refractivity contribution in [2.24, 2.45) is 7.05 Å². The van der Waals surface area contributed by atoms with Crippen LogP contribution in [0.15, 0.2) is 67.4 Å². The molecule has 0 radical (unpaired) electrons. The molecule has 1 atom stereocenters.